The van der Waals surface area contributed by atoms with E-state index < -0.39 is 0 Å². The van der Waals surface area contributed by atoms with Gasteiger partial charge in [-0.25, -0.2) is 9.97 Å². The maximum Gasteiger partial charge on any atom is 0.163 e. The molecule has 5 nitrogen and oxygen atoms in total. The van der Waals surface area contributed by atoms with Crippen LogP contribution >= 0.6 is 11.3 Å². The molecule has 0 aliphatic carbocycles. The van der Waals surface area contributed by atoms with Crippen LogP contribution in [0.1, 0.15) is 11.8 Å². The third-order valence-corrected chi connectivity index (χ3v) is 3.98. The van der Waals surface area contributed by atoms with Crippen LogP contribution in [0.2, 0.25) is 0 Å². The van der Waals surface area contributed by atoms with E-state index in [4.69, 9.17) is 0 Å². The lowest BCUT2D eigenvalue weighted by molar-refractivity contribution is 0.784. The van der Waals surface area contributed by atoms with E-state index in [1.165, 1.54) is 4.88 Å². The summed E-state index contributed by atoms with van der Waals surface area (Å²) in [5, 5.41) is 7.36. The van der Waals surface area contributed by atoms with Crippen LogP contribution in [0.3, 0.4) is 0 Å². The van der Waals surface area contributed by atoms with Gasteiger partial charge in [-0.05, 0) is 18.4 Å². The third kappa shape index (κ3) is 2.19. The maximum absolute atomic E-state index is 4.44. The SMILES string of the molecule is CCN(Cc1cccs1)c1ncnc2c1cnn2C. The summed E-state index contributed by atoms with van der Waals surface area (Å²) in [6.07, 6.45) is 3.44. The summed E-state index contributed by atoms with van der Waals surface area (Å²) in [7, 11) is 1.90. The largest absolute Gasteiger partial charge is 0.351 e. The number of aryl methyl sites for hydroxylation is 1. The van der Waals surface area contributed by atoms with Crippen LogP contribution in [0, 0.1) is 0 Å². The van der Waals surface area contributed by atoms with Gasteiger partial charge in [0, 0.05) is 18.5 Å². The second-order valence-corrected chi connectivity index (χ2v) is 5.33. The van der Waals surface area contributed by atoms with Gasteiger partial charge in [0.15, 0.2) is 5.65 Å². The van der Waals surface area contributed by atoms with E-state index in [0.29, 0.717) is 0 Å². The van der Waals surface area contributed by atoms with Gasteiger partial charge in [0.2, 0.25) is 0 Å². The van der Waals surface area contributed by atoms with Crippen molar-refractivity contribution in [1.82, 2.24) is 19.7 Å². The van der Waals surface area contributed by atoms with E-state index in [9.17, 15) is 0 Å². The molecule has 0 radical (unpaired) electrons. The predicted molar refractivity (Wildman–Crippen MR) is 77.3 cm³/mol. The summed E-state index contributed by atoms with van der Waals surface area (Å²) in [6, 6.07) is 4.22. The summed E-state index contributed by atoms with van der Waals surface area (Å²) in [6.45, 7) is 3.91. The lowest BCUT2D eigenvalue weighted by Crippen LogP contribution is -2.22. The molecule has 0 N–H and O–H groups in total. The van der Waals surface area contributed by atoms with Crippen molar-refractivity contribution in [1.29, 1.82) is 0 Å². The van der Waals surface area contributed by atoms with Gasteiger partial charge in [-0.2, -0.15) is 5.10 Å². The van der Waals surface area contributed by atoms with Crippen molar-refractivity contribution in [3.05, 3.63) is 34.9 Å². The molecule has 0 unspecified atom stereocenters. The number of hydrogen-bond acceptors (Lipinski definition) is 5. The topological polar surface area (TPSA) is 46.8 Å². The van der Waals surface area contributed by atoms with E-state index >= 15 is 0 Å². The Morgan fingerprint density at radius 1 is 1.37 bits per heavy atom. The minimum atomic E-state index is 0.870. The molecule has 0 saturated carbocycles. The smallest absolute Gasteiger partial charge is 0.163 e. The molecule has 0 aliphatic rings. The molecular formula is C13H15N5S. The molecule has 0 amide bonds. The van der Waals surface area contributed by atoms with Gasteiger partial charge >= 0.3 is 0 Å². The van der Waals surface area contributed by atoms with Gasteiger partial charge in [0.25, 0.3) is 0 Å². The van der Waals surface area contributed by atoms with E-state index in [1.54, 1.807) is 22.3 Å². The highest BCUT2D eigenvalue weighted by Gasteiger charge is 2.14. The van der Waals surface area contributed by atoms with Crippen LogP contribution in [0.25, 0.3) is 11.0 Å². The number of aromatic nitrogens is 4. The minimum Gasteiger partial charge on any atom is -0.351 e. The lowest BCUT2D eigenvalue weighted by atomic mass is 10.3. The Morgan fingerprint density at radius 3 is 3.00 bits per heavy atom. The second kappa shape index (κ2) is 4.97. The molecule has 3 aromatic rings. The maximum atomic E-state index is 4.44. The van der Waals surface area contributed by atoms with Gasteiger partial charge in [0.1, 0.15) is 12.1 Å². The molecule has 0 saturated heterocycles. The normalized spacial score (nSPS) is 11.1. The van der Waals surface area contributed by atoms with Crippen LogP contribution < -0.4 is 4.90 Å². The molecule has 0 atom stereocenters. The fourth-order valence-corrected chi connectivity index (χ4v) is 2.85. The number of anilines is 1. The van der Waals surface area contributed by atoms with Crippen molar-refractivity contribution >= 4 is 28.2 Å². The van der Waals surface area contributed by atoms with Gasteiger partial charge in [0.05, 0.1) is 18.1 Å². The molecule has 0 aromatic carbocycles. The highest BCUT2D eigenvalue weighted by Crippen LogP contribution is 2.24. The predicted octanol–water partition coefficient (Wildman–Crippen LogP) is 2.45. The van der Waals surface area contributed by atoms with E-state index in [1.807, 2.05) is 13.2 Å². The summed E-state index contributed by atoms with van der Waals surface area (Å²) in [4.78, 5) is 12.3. The molecule has 0 spiro atoms. The van der Waals surface area contributed by atoms with Crippen LogP contribution in [0.4, 0.5) is 5.82 Å². The highest BCUT2D eigenvalue weighted by molar-refractivity contribution is 7.09. The van der Waals surface area contributed by atoms with Crippen molar-refractivity contribution in [2.45, 2.75) is 13.5 Å². The summed E-state index contributed by atoms with van der Waals surface area (Å²) in [5.74, 6) is 0.953. The Kier molecular flexibility index (Phi) is 3.16. The number of nitrogens with zero attached hydrogens (tertiary/aromatic N) is 5. The zero-order valence-electron chi connectivity index (χ0n) is 10.9. The van der Waals surface area contributed by atoms with Crippen molar-refractivity contribution in [2.24, 2.45) is 7.05 Å². The first-order chi connectivity index (χ1) is 9.29. The zero-order chi connectivity index (χ0) is 13.2. The quantitative estimate of drug-likeness (QED) is 0.732. The van der Waals surface area contributed by atoms with Crippen molar-refractivity contribution in [3.8, 4) is 0 Å². The lowest BCUT2D eigenvalue weighted by Gasteiger charge is -2.21. The molecule has 6 heteroatoms. The van der Waals surface area contributed by atoms with Crippen LogP contribution in [-0.2, 0) is 13.6 Å². The van der Waals surface area contributed by atoms with E-state index in [-0.39, 0.29) is 0 Å². The van der Waals surface area contributed by atoms with Crippen LogP contribution in [0.5, 0.6) is 0 Å². The number of rotatable bonds is 4. The minimum absolute atomic E-state index is 0.870. The average molecular weight is 273 g/mol. The van der Waals surface area contributed by atoms with Crippen LogP contribution in [-0.4, -0.2) is 26.3 Å². The van der Waals surface area contributed by atoms with Gasteiger partial charge < -0.3 is 4.90 Å². The molecule has 3 heterocycles. The first-order valence-electron chi connectivity index (χ1n) is 6.19. The number of hydrogen-bond donors (Lipinski definition) is 0. The summed E-state index contributed by atoms with van der Waals surface area (Å²) in [5.41, 5.74) is 0.870. The highest BCUT2D eigenvalue weighted by atomic mass is 32.1. The average Bonchev–Trinajstić information content (AvgIpc) is 3.06. The molecule has 3 rings (SSSR count). The first-order valence-corrected chi connectivity index (χ1v) is 7.07. The molecule has 98 valence electrons. The van der Waals surface area contributed by atoms with Crippen molar-refractivity contribution in [2.75, 3.05) is 11.4 Å². The first kappa shape index (κ1) is 12.1. The molecule has 0 aliphatic heterocycles. The molecular weight excluding hydrogens is 258 g/mol. The zero-order valence-corrected chi connectivity index (χ0v) is 11.8. The van der Waals surface area contributed by atoms with Gasteiger partial charge in [-0.1, -0.05) is 6.07 Å². The van der Waals surface area contributed by atoms with Crippen molar-refractivity contribution in [3.63, 3.8) is 0 Å². The Hall–Kier alpha value is -1.95. The molecule has 0 fully saturated rings. The fourth-order valence-electron chi connectivity index (χ4n) is 2.13. The summed E-state index contributed by atoms with van der Waals surface area (Å²) < 4.78 is 1.78. The molecule has 0 bridgehead atoms. The summed E-state index contributed by atoms with van der Waals surface area (Å²) >= 11 is 1.77. The van der Waals surface area contributed by atoms with Gasteiger partial charge in [-0.15, -0.1) is 11.3 Å². The monoisotopic (exact) mass is 273 g/mol. The Labute approximate surface area is 115 Å². The fraction of sp³-hybridized carbons (Fsp3) is 0.308. The van der Waals surface area contributed by atoms with Gasteiger partial charge in [-0.3, -0.25) is 4.68 Å². The van der Waals surface area contributed by atoms with Crippen molar-refractivity contribution < 1.29 is 0 Å². The Morgan fingerprint density at radius 2 is 2.26 bits per heavy atom. The Balaban J connectivity index is 2.01. The third-order valence-electron chi connectivity index (χ3n) is 3.12. The standard InChI is InChI=1S/C13H15N5S/c1-3-18(8-10-5-4-6-19-10)13-11-7-16-17(2)12(11)14-9-15-13/h4-7,9H,3,8H2,1-2H3. The molecule has 3 aromatic heterocycles. The van der Waals surface area contributed by atoms with E-state index in [2.05, 4.69) is 44.4 Å². The molecule has 19 heavy (non-hydrogen) atoms. The second-order valence-electron chi connectivity index (χ2n) is 4.30. The van der Waals surface area contributed by atoms with E-state index in [0.717, 1.165) is 29.9 Å². The number of thiophene rings is 1. The van der Waals surface area contributed by atoms with Crippen LogP contribution in [0.15, 0.2) is 30.0 Å². The Bertz CT molecular complexity index is 673. The number of fused-ring (bicyclic) bond motifs is 1.